The van der Waals surface area contributed by atoms with Crippen molar-refractivity contribution < 1.29 is 18.7 Å². The maximum absolute atomic E-state index is 13.9. The minimum absolute atomic E-state index is 0.000389. The standard InChI is InChI=1S/C24H21FN2O3/c1-30-18-12-10-16(11-13-18)22(14-23(28)26-21-9-5-4-8-20(21)25)27-15-17-6-2-3-7-19(17)24(27)29/h2-13,22H,14-15H2,1H3,(H,26,28)/t22-/m1/s1. The van der Waals surface area contributed by atoms with E-state index in [1.54, 1.807) is 42.3 Å². The molecule has 2 amide bonds. The van der Waals surface area contributed by atoms with Crippen LogP contribution in [-0.4, -0.2) is 23.8 Å². The number of fused-ring (bicyclic) bond motifs is 1. The van der Waals surface area contributed by atoms with Crippen LogP contribution in [0.25, 0.3) is 0 Å². The number of nitrogens with zero attached hydrogens (tertiary/aromatic N) is 1. The lowest BCUT2D eigenvalue weighted by Gasteiger charge is -2.28. The number of hydrogen-bond acceptors (Lipinski definition) is 3. The number of ether oxygens (including phenoxy) is 1. The molecule has 0 aliphatic carbocycles. The molecule has 0 unspecified atom stereocenters. The van der Waals surface area contributed by atoms with Gasteiger partial charge in [0.25, 0.3) is 5.91 Å². The smallest absolute Gasteiger partial charge is 0.255 e. The van der Waals surface area contributed by atoms with Crippen molar-refractivity contribution in [2.24, 2.45) is 0 Å². The number of anilines is 1. The Morgan fingerprint density at radius 3 is 2.47 bits per heavy atom. The van der Waals surface area contributed by atoms with E-state index in [1.807, 2.05) is 30.3 Å². The molecule has 0 fully saturated rings. The lowest BCUT2D eigenvalue weighted by atomic mass is 10.0. The van der Waals surface area contributed by atoms with E-state index >= 15 is 0 Å². The molecule has 1 aliphatic rings. The molecule has 1 N–H and O–H groups in total. The maximum atomic E-state index is 13.9. The number of rotatable bonds is 6. The van der Waals surface area contributed by atoms with Gasteiger partial charge in [0.1, 0.15) is 11.6 Å². The van der Waals surface area contributed by atoms with Gasteiger partial charge in [0.15, 0.2) is 0 Å². The van der Waals surface area contributed by atoms with Crippen LogP contribution in [0.4, 0.5) is 10.1 Å². The van der Waals surface area contributed by atoms with Crippen molar-refractivity contribution in [2.75, 3.05) is 12.4 Å². The van der Waals surface area contributed by atoms with Gasteiger partial charge < -0.3 is 15.0 Å². The van der Waals surface area contributed by atoms with Crippen LogP contribution in [0.5, 0.6) is 5.75 Å². The second-order valence-corrected chi connectivity index (χ2v) is 7.11. The molecule has 152 valence electrons. The summed E-state index contributed by atoms with van der Waals surface area (Å²) in [5.74, 6) is -0.310. The number of methoxy groups -OCH3 is 1. The zero-order valence-corrected chi connectivity index (χ0v) is 16.5. The molecule has 4 rings (SSSR count). The first-order chi connectivity index (χ1) is 14.6. The summed E-state index contributed by atoms with van der Waals surface area (Å²) in [7, 11) is 1.58. The Kier molecular flexibility index (Phi) is 5.48. The molecule has 0 saturated heterocycles. The van der Waals surface area contributed by atoms with E-state index in [0.29, 0.717) is 17.9 Å². The van der Waals surface area contributed by atoms with Crippen molar-refractivity contribution in [3.8, 4) is 5.75 Å². The predicted molar refractivity (Wildman–Crippen MR) is 112 cm³/mol. The van der Waals surface area contributed by atoms with Gasteiger partial charge in [0.2, 0.25) is 5.91 Å². The van der Waals surface area contributed by atoms with Gasteiger partial charge in [-0.1, -0.05) is 42.5 Å². The lowest BCUT2D eigenvalue weighted by Crippen LogP contribution is -2.32. The zero-order chi connectivity index (χ0) is 21.1. The summed E-state index contributed by atoms with van der Waals surface area (Å²) < 4.78 is 19.2. The van der Waals surface area contributed by atoms with E-state index in [4.69, 9.17) is 4.74 Å². The largest absolute Gasteiger partial charge is 0.497 e. The van der Waals surface area contributed by atoms with Crippen LogP contribution in [0.3, 0.4) is 0 Å². The molecular formula is C24H21FN2O3. The third-order valence-corrected chi connectivity index (χ3v) is 5.25. The van der Waals surface area contributed by atoms with Crippen molar-refractivity contribution in [2.45, 2.75) is 19.0 Å². The van der Waals surface area contributed by atoms with Crippen molar-refractivity contribution in [3.05, 3.63) is 95.3 Å². The molecule has 0 saturated carbocycles. The van der Waals surface area contributed by atoms with Gasteiger partial charge in [-0.3, -0.25) is 9.59 Å². The summed E-state index contributed by atoms with van der Waals surface area (Å²) in [4.78, 5) is 27.5. The van der Waals surface area contributed by atoms with Crippen LogP contribution in [-0.2, 0) is 11.3 Å². The third-order valence-electron chi connectivity index (χ3n) is 5.25. The Bertz CT molecular complexity index is 1080. The second kappa shape index (κ2) is 8.37. The van der Waals surface area contributed by atoms with Gasteiger partial charge in [-0.05, 0) is 41.5 Å². The number of benzene rings is 3. The minimum atomic E-state index is -0.503. The molecule has 1 atom stereocenters. The van der Waals surface area contributed by atoms with Gasteiger partial charge in [-0.25, -0.2) is 4.39 Å². The van der Waals surface area contributed by atoms with E-state index in [-0.39, 0.29) is 23.9 Å². The third kappa shape index (κ3) is 3.89. The number of carbonyl (C=O) groups excluding carboxylic acids is 2. The SMILES string of the molecule is COc1ccc([C@@H](CC(=O)Nc2ccccc2F)N2Cc3ccccc3C2=O)cc1. The van der Waals surface area contributed by atoms with Crippen molar-refractivity contribution in [1.29, 1.82) is 0 Å². The van der Waals surface area contributed by atoms with E-state index in [2.05, 4.69) is 5.32 Å². The molecule has 3 aromatic carbocycles. The Hall–Kier alpha value is -3.67. The summed E-state index contributed by atoms with van der Waals surface area (Å²) in [6.07, 6.45) is 0.000389. The van der Waals surface area contributed by atoms with Gasteiger partial charge in [-0.2, -0.15) is 0 Å². The highest BCUT2D eigenvalue weighted by Gasteiger charge is 2.34. The number of hydrogen-bond donors (Lipinski definition) is 1. The Labute approximate surface area is 174 Å². The molecule has 1 aliphatic heterocycles. The summed E-state index contributed by atoms with van der Waals surface area (Å²) in [5, 5.41) is 2.62. The predicted octanol–water partition coefficient (Wildman–Crippen LogP) is 4.56. The van der Waals surface area contributed by atoms with E-state index < -0.39 is 11.9 Å². The molecule has 0 spiro atoms. The number of para-hydroxylation sites is 1. The van der Waals surface area contributed by atoms with E-state index in [9.17, 15) is 14.0 Å². The quantitative estimate of drug-likeness (QED) is 0.655. The van der Waals surface area contributed by atoms with Gasteiger partial charge in [0.05, 0.1) is 25.3 Å². The second-order valence-electron chi connectivity index (χ2n) is 7.11. The molecule has 0 aromatic heterocycles. The Morgan fingerprint density at radius 1 is 1.07 bits per heavy atom. The van der Waals surface area contributed by atoms with Crippen LogP contribution in [0.15, 0.2) is 72.8 Å². The van der Waals surface area contributed by atoms with Crippen molar-refractivity contribution in [1.82, 2.24) is 4.90 Å². The van der Waals surface area contributed by atoms with Crippen LogP contribution in [0.1, 0.15) is 33.9 Å². The van der Waals surface area contributed by atoms with Gasteiger partial charge in [0, 0.05) is 12.1 Å². The summed E-state index contributed by atoms with van der Waals surface area (Å²) in [6.45, 7) is 0.415. The Balaban J connectivity index is 1.61. The number of nitrogens with one attached hydrogen (secondary N) is 1. The van der Waals surface area contributed by atoms with Crippen molar-refractivity contribution in [3.63, 3.8) is 0 Å². The number of halogens is 1. The number of amides is 2. The molecule has 5 nitrogen and oxygen atoms in total. The Morgan fingerprint density at radius 2 is 1.77 bits per heavy atom. The van der Waals surface area contributed by atoms with Crippen LogP contribution < -0.4 is 10.1 Å². The fraction of sp³-hybridized carbons (Fsp3) is 0.167. The fourth-order valence-corrected chi connectivity index (χ4v) is 3.70. The number of carbonyl (C=O) groups is 2. The van der Waals surface area contributed by atoms with Crippen LogP contribution in [0.2, 0.25) is 0 Å². The van der Waals surface area contributed by atoms with Crippen LogP contribution >= 0.6 is 0 Å². The topological polar surface area (TPSA) is 58.6 Å². The minimum Gasteiger partial charge on any atom is -0.497 e. The molecule has 1 heterocycles. The average Bonchev–Trinajstić information content (AvgIpc) is 3.10. The van der Waals surface area contributed by atoms with E-state index in [1.165, 1.54) is 12.1 Å². The molecule has 30 heavy (non-hydrogen) atoms. The molecule has 0 bridgehead atoms. The van der Waals surface area contributed by atoms with E-state index in [0.717, 1.165) is 11.1 Å². The first kappa shape index (κ1) is 19.6. The van der Waals surface area contributed by atoms with Gasteiger partial charge in [-0.15, -0.1) is 0 Å². The highest BCUT2D eigenvalue weighted by atomic mass is 19.1. The molecule has 6 heteroatoms. The molecular weight excluding hydrogens is 383 g/mol. The highest BCUT2D eigenvalue weighted by Crippen LogP contribution is 2.34. The fourth-order valence-electron chi connectivity index (χ4n) is 3.70. The summed E-state index contributed by atoms with van der Waals surface area (Å²) in [5.41, 5.74) is 2.49. The van der Waals surface area contributed by atoms with Crippen LogP contribution in [0, 0.1) is 5.82 Å². The maximum Gasteiger partial charge on any atom is 0.255 e. The lowest BCUT2D eigenvalue weighted by molar-refractivity contribution is -0.117. The molecule has 3 aromatic rings. The summed E-state index contributed by atoms with van der Waals surface area (Å²) in [6, 6.07) is 20.2. The summed E-state index contributed by atoms with van der Waals surface area (Å²) >= 11 is 0. The normalized spacial score (nSPS) is 13.7. The average molecular weight is 404 g/mol. The molecule has 0 radical (unpaired) electrons. The first-order valence-electron chi connectivity index (χ1n) is 9.64. The monoisotopic (exact) mass is 404 g/mol. The van der Waals surface area contributed by atoms with Crippen molar-refractivity contribution >= 4 is 17.5 Å². The van der Waals surface area contributed by atoms with Gasteiger partial charge >= 0.3 is 0 Å². The highest BCUT2D eigenvalue weighted by molar-refractivity contribution is 5.99. The zero-order valence-electron chi connectivity index (χ0n) is 16.5. The first-order valence-corrected chi connectivity index (χ1v) is 9.64.